The van der Waals surface area contributed by atoms with Gasteiger partial charge in [0.15, 0.2) is 5.96 Å². The highest BCUT2D eigenvalue weighted by Gasteiger charge is 2.30. The van der Waals surface area contributed by atoms with E-state index in [9.17, 15) is 0 Å². The maximum Gasteiger partial charge on any atom is 0.193 e. The van der Waals surface area contributed by atoms with Crippen molar-refractivity contribution < 1.29 is 4.42 Å². The van der Waals surface area contributed by atoms with E-state index in [4.69, 9.17) is 4.42 Å². The largest absolute Gasteiger partial charge is 0.461 e. The van der Waals surface area contributed by atoms with Gasteiger partial charge in [-0.05, 0) is 44.5 Å². The molecule has 2 aliphatic rings. The summed E-state index contributed by atoms with van der Waals surface area (Å²) in [6.07, 6.45) is 4.85. The second-order valence-corrected chi connectivity index (χ2v) is 7.11. The van der Waals surface area contributed by atoms with Crippen LogP contribution in [0.25, 0.3) is 11.0 Å². The van der Waals surface area contributed by atoms with Crippen LogP contribution < -0.4 is 5.32 Å². The molecule has 1 atom stereocenters. The summed E-state index contributed by atoms with van der Waals surface area (Å²) in [7, 11) is 1.88. The number of benzene rings is 1. The van der Waals surface area contributed by atoms with Crippen molar-refractivity contribution in [2.75, 3.05) is 39.8 Å². The molecule has 0 radical (unpaired) electrons. The predicted octanol–water partition coefficient (Wildman–Crippen LogP) is 3.34. The molecular formula is C20H29IN4O. The van der Waals surface area contributed by atoms with Gasteiger partial charge in [0.05, 0.1) is 0 Å². The van der Waals surface area contributed by atoms with Crippen LogP contribution in [0.15, 0.2) is 39.7 Å². The quantitative estimate of drug-likeness (QED) is 0.425. The van der Waals surface area contributed by atoms with Crippen LogP contribution in [0.2, 0.25) is 0 Å². The number of aliphatic imine (C=N–C) groups is 1. The SMILES string of the molecule is CN=C(NCCc1cc2ccccc2o1)N1CCC(N2CCCC2)C1.I. The van der Waals surface area contributed by atoms with Gasteiger partial charge < -0.3 is 14.6 Å². The minimum Gasteiger partial charge on any atom is -0.461 e. The van der Waals surface area contributed by atoms with Gasteiger partial charge in [-0.1, -0.05) is 18.2 Å². The van der Waals surface area contributed by atoms with Crippen molar-refractivity contribution in [3.63, 3.8) is 0 Å². The van der Waals surface area contributed by atoms with Gasteiger partial charge in [0.25, 0.3) is 0 Å². The molecule has 0 spiro atoms. The first-order valence-corrected chi connectivity index (χ1v) is 9.50. The Hall–Kier alpha value is -1.28. The van der Waals surface area contributed by atoms with Crippen molar-refractivity contribution in [1.82, 2.24) is 15.1 Å². The number of rotatable bonds is 4. The second-order valence-electron chi connectivity index (χ2n) is 7.11. The molecule has 0 amide bonds. The highest BCUT2D eigenvalue weighted by molar-refractivity contribution is 14.0. The molecule has 0 saturated carbocycles. The zero-order valence-corrected chi connectivity index (χ0v) is 17.8. The number of guanidine groups is 1. The summed E-state index contributed by atoms with van der Waals surface area (Å²) in [5.41, 5.74) is 0.967. The number of fused-ring (bicyclic) bond motifs is 1. The predicted molar refractivity (Wildman–Crippen MR) is 117 cm³/mol. The minimum absolute atomic E-state index is 0. The van der Waals surface area contributed by atoms with Gasteiger partial charge in [-0.15, -0.1) is 24.0 Å². The molecule has 2 saturated heterocycles. The normalized spacial score (nSPS) is 21.3. The Morgan fingerprint density at radius 3 is 2.81 bits per heavy atom. The number of likely N-dealkylation sites (tertiary alicyclic amines) is 2. The molecule has 3 heterocycles. The van der Waals surface area contributed by atoms with Gasteiger partial charge in [-0.3, -0.25) is 9.89 Å². The Balaban J connectivity index is 0.00000196. The fourth-order valence-electron chi connectivity index (χ4n) is 4.13. The van der Waals surface area contributed by atoms with Crippen molar-refractivity contribution in [2.24, 2.45) is 4.99 Å². The first-order valence-electron chi connectivity index (χ1n) is 9.50. The van der Waals surface area contributed by atoms with Crippen LogP contribution in [0.4, 0.5) is 0 Å². The molecule has 2 aromatic rings. The molecule has 1 aromatic carbocycles. The number of hydrogen-bond donors (Lipinski definition) is 1. The maximum absolute atomic E-state index is 5.89. The topological polar surface area (TPSA) is 44.0 Å². The maximum atomic E-state index is 5.89. The molecule has 5 nitrogen and oxygen atoms in total. The van der Waals surface area contributed by atoms with E-state index in [1.54, 1.807) is 0 Å². The Kier molecular flexibility index (Phi) is 6.80. The monoisotopic (exact) mass is 468 g/mol. The Morgan fingerprint density at radius 2 is 2.04 bits per heavy atom. The van der Waals surface area contributed by atoms with Crippen LogP contribution >= 0.6 is 24.0 Å². The summed E-state index contributed by atoms with van der Waals surface area (Å²) in [4.78, 5) is 9.55. The summed E-state index contributed by atoms with van der Waals surface area (Å²) in [5.74, 6) is 2.05. The molecular weight excluding hydrogens is 439 g/mol. The lowest BCUT2D eigenvalue weighted by Crippen LogP contribution is -2.43. The number of para-hydroxylation sites is 1. The third-order valence-corrected chi connectivity index (χ3v) is 5.46. The number of nitrogens with zero attached hydrogens (tertiary/aromatic N) is 3. The van der Waals surface area contributed by atoms with E-state index in [1.165, 1.54) is 37.7 Å². The number of halogens is 1. The van der Waals surface area contributed by atoms with Crippen LogP contribution in [0.1, 0.15) is 25.0 Å². The van der Waals surface area contributed by atoms with Gasteiger partial charge >= 0.3 is 0 Å². The molecule has 2 fully saturated rings. The van der Waals surface area contributed by atoms with Crippen LogP contribution in [-0.4, -0.2) is 61.6 Å². The highest BCUT2D eigenvalue weighted by Crippen LogP contribution is 2.21. The summed E-state index contributed by atoms with van der Waals surface area (Å²) < 4.78 is 5.89. The van der Waals surface area contributed by atoms with E-state index in [1.807, 2.05) is 25.2 Å². The van der Waals surface area contributed by atoms with E-state index < -0.39 is 0 Å². The van der Waals surface area contributed by atoms with Crippen LogP contribution in [0.3, 0.4) is 0 Å². The molecule has 142 valence electrons. The molecule has 1 N–H and O–H groups in total. The van der Waals surface area contributed by atoms with Gasteiger partial charge in [-0.25, -0.2) is 0 Å². The lowest BCUT2D eigenvalue weighted by Gasteiger charge is -2.25. The van der Waals surface area contributed by atoms with Gasteiger partial charge in [0, 0.05) is 44.5 Å². The van der Waals surface area contributed by atoms with Gasteiger partial charge in [-0.2, -0.15) is 0 Å². The number of furan rings is 1. The first kappa shape index (κ1) is 19.5. The lowest BCUT2D eigenvalue weighted by molar-refractivity contribution is 0.249. The third kappa shape index (κ3) is 4.34. The van der Waals surface area contributed by atoms with E-state index >= 15 is 0 Å². The minimum atomic E-state index is 0. The molecule has 6 heteroatoms. The average Bonchev–Trinajstić information content (AvgIpc) is 3.38. The van der Waals surface area contributed by atoms with Crippen LogP contribution in [0, 0.1) is 0 Å². The Labute approximate surface area is 172 Å². The van der Waals surface area contributed by atoms with Crippen molar-refractivity contribution in [3.8, 4) is 0 Å². The van der Waals surface area contributed by atoms with Crippen molar-refractivity contribution in [1.29, 1.82) is 0 Å². The Bertz CT molecular complexity index is 705. The Morgan fingerprint density at radius 1 is 1.23 bits per heavy atom. The van der Waals surface area contributed by atoms with Gasteiger partial charge in [0.2, 0.25) is 0 Å². The molecule has 26 heavy (non-hydrogen) atoms. The number of hydrogen-bond acceptors (Lipinski definition) is 3. The second kappa shape index (κ2) is 9.08. The van der Waals surface area contributed by atoms with Crippen molar-refractivity contribution in [2.45, 2.75) is 31.7 Å². The fraction of sp³-hybridized carbons (Fsp3) is 0.550. The zero-order valence-electron chi connectivity index (χ0n) is 15.5. The van der Waals surface area contributed by atoms with Crippen molar-refractivity contribution in [3.05, 3.63) is 36.1 Å². The van der Waals surface area contributed by atoms with Gasteiger partial charge in [0.1, 0.15) is 11.3 Å². The standard InChI is InChI=1S/C20H28N4O.HI/c1-21-20(24-13-9-17(15-24)23-11-4-5-12-23)22-10-8-18-14-16-6-2-3-7-19(16)25-18;/h2-3,6-7,14,17H,4-5,8-13,15H2,1H3,(H,21,22);1H. The molecule has 0 bridgehead atoms. The highest BCUT2D eigenvalue weighted by atomic mass is 127. The van der Waals surface area contributed by atoms with Crippen LogP contribution in [0.5, 0.6) is 0 Å². The third-order valence-electron chi connectivity index (χ3n) is 5.46. The zero-order chi connectivity index (χ0) is 17.1. The molecule has 1 aromatic heterocycles. The van der Waals surface area contributed by atoms with Crippen molar-refractivity contribution >= 4 is 40.9 Å². The van der Waals surface area contributed by atoms with Crippen LogP contribution in [-0.2, 0) is 6.42 Å². The summed E-state index contributed by atoms with van der Waals surface area (Å²) in [6.45, 7) is 5.60. The molecule has 2 aliphatic heterocycles. The number of nitrogens with one attached hydrogen (secondary N) is 1. The van der Waals surface area contributed by atoms with E-state index in [0.717, 1.165) is 43.4 Å². The first-order chi connectivity index (χ1) is 12.3. The van der Waals surface area contributed by atoms with E-state index in [2.05, 4.69) is 32.2 Å². The summed E-state index contributed by atoms with van der Waals surface area (Å²) >= 11 is 0. The lowest BCUT2D eigenvalue weighted by atomic mass is 10.2. The fourth-order valence-corrected chi connectivity index (χ4v) is 4.13. The summed E-state index contributed by atoms with van der Waals surface area (Å²) in [6, 6.07) is 11.0. The smallest absolute Gasteiger partial charge is 0.193 e. The molecule has 4 rings (SSSR count). The van der Waals surface area contributed by atoms with E-state index in [0.29, 0.717) is 6.04 Å². The summed E-state index contributed by atoms with van der Waals surface area (Å²) in [5, 5.41) is 4.69. The van der Waals surface area contributed by atoms with E-state index in [-0.39, 0.29) is 24.0 Å². The average molecular weight is 468 g/mol. The molecule has 0 aliphatic carbocycles. The molecule has 1 unspecified atom stereocenters.